The topological polar surface area (TPSA) is 26.3 Å². The molecule has 3 aliphatic rings. The molecule has 1 aliphatic heterocycles. The third-order valence-electron chi connectivity index (χ3n) is 7.87. The first kappa shape index (κ1) is 23.7. The predicted octanol–water partition coefficient (Wildman–Crippen LogP) is 7.68. The molecule has 0 N–H and O–H groups in total. The summed E-state index contributed by atoms with van der Waals surface area (Å²) >= 11 is 0. The number of hydrogen-bond donors (Lipinski definition) is 0. The average molecular weight is 449 g/mol. The first-order valence-electron chi connectivity index (χ1n) is 12.7. The maximum atomic E-state index is 13.8. The number of esters is 1. The fourth-order valence-corrected chi connectivity index (χ4v) is 6.29. The molecule has 3 unspecified atom stereocenters. The van der Waals surface area contributed by atoms with E-state index in [1.807, 2.05) is 6.07 Å². The highest BCUT2D eigenvalue weighted by Gasteiger charge is 2.53. The number of carbonyl (C=O) groups excluding carboxylic acids is 1. The molecule has 6 atom stereocenters. The van der Waals surface area contributed by atoms with Gasteiger partial charge in [0.2, 0.25) is 0 Å². The SMILES string of the molecule is CC/C=C/C(=C\C=C(C)\C=C\[C@@H]1C2C(C)OC(=O)C2C[C@H]2CCCC[C@H]21)c1cccc(F)c1. The molecule has 0 spiro atoms. The Morgan fingerprint density at radius 1 is 1.18 bits per heavy atom. The molecule has 4 rings (SSSR count). The molecule has 0 bridgehead atoms. The van der Waals surface area contributed by atoms with Crippen LogP contribution in [0.25, 0.3) is 5.57 Å². The van der Waals surface area contributed by atoms with Gasteiger partial charge >= 0.3 is 5.97 Å². The Morgan fingerprint density at radius 2 is 2.00 bits per heavy atom. The molecule has 176 valence electrons. The molecule has 33 heavy (non-hydrogen) atoms. The summed E-state index contributed by atoms with van der Waals surface area (Å²) in [7, 11) is 0. The van der Waals surface area contributed by atoms with Crippen molar-refractivity contribution in [1.29, 1.82) is 0 Å². The standard InChI is InChI=1S/C30H37FO2/c1-4-5-9-22(23-11-8-12-25(31)18-23)16-14-20(2)15-17-27-26-13-7-6-10-24(26)19-28-29(27)21(3)33-30(28)32/h5,8-9,11-12,14-18,21,24,26-29H,4,6-7,10,13,19H2,1-3H3/b9-5+,17-15+,20-14+,22-16+/t21?,24-,26-,27+,28?,29?/m1/s1. The third kappa shape index (κ3) is 5.39. The van der Waals surface area contributed by atoms with Crippen molar-refractivity contribution in [3.8, 4) is 0 Å². The van der Waals surface area contributed by atoms with Gasteiger partial charge in [-0.2, -0.15) is 0 Å². The lowest BCUT2D eigenvalue weighted by Gasteiger charge is -2.45. The minimum Gasteiger partial charge on any atom is -0.462 e. The normalized spacial score (nSPS) is 32.8. The average Bonchev–Trinajstić information content (AvgIpc) is 3.09. The van der Waals surface area contributed by atoms with Gasteiger partial charge in [-0.1, -0.05) is 80.3 Å². The maximum Gasteiger partial charge on any atom is 0.309 e. The fourth-order valence-electron chi connectivity index (χ4n) is 6.29. The van der Waals surface area contributed by atoms with Crippen LogP contribution in [0.15, 0.2) is 66.3 Å². The zero-order valence-corrected chi connectivity index (χ0v) is 20.2. The Balaban J connectivity index is 1.57. The van der Waals surface area contributed by atoms with Crippen molar-refractivity contribution < 1.29 is 13.9 Å². The van der Waals surface area contributed by atoms with Crippen LogP contribution in [0.2, 0.25) is 0 Å². The van der Waals surface area contributed by atoms with E-state index in [2.05, 4.69) is 57.2 Å². The van der Waals surface area contributed by atoms with E-state index in [1.54, 1.807) is 12.1 Å². The number of allylic oxidation sites excluding steroid dienone is 8. The van der Waals surface area contributed by atoms with Crippen molar-refractivity contribution in [2.45, 2.75) is 65.4 Å². The fraction of sp³-hybridized carbons (Fsp3) is 0.500. The summed E-state index contributed by atoms with van der Waals surface area (Å²) in [6, 6.07) is 6.75. The Bertz CT molecular complexity index is 969. The van der Waals surface area contributed by atoms with E-state index in [4.69, 9.17) is 4.74 Å². The molecular weight excluding hydrogens is 411 g/mol. The monoisotopic (exact) mass is 448 g/mol. The van der Waals surface area contributed by atoms with Gasteiger partial charge in [0.1, 0.15) is 11.9 Å². The van der Waals surface area contributed by atoms with Crippen LogP contribution in [0.5, 0.6) is 0 Å². The van der Waals surface area contributed by atoms with E-state index in [0.717, 1.165) is 29.6 Å². The van der Waals surface area contributed by atoms with Gasteiger partial charge in [-0.3, -0.25) is 4.79 Å². The van der Waals surface area contributed by atoms with Gasteiger partial charge in [0, 0.05) is 5.92 Å². The van der Waals surface area contributed by atoms with Gasteiger partial charge in [-0.15, -0.1) is 0 Å². The molecular formula is C30H37FO2. The van der Waals surface area contributed by atoms with Crippen molar-refractivity contribution in [3.63, 3.8) is 0 Å². The van der Waals surface area contributed by atoms with Crippen LogP contribution in [0.4, 0.5) is 4.39 Å². The largest absolute Gasteiger partial charge is 0.462 e. The highest BCUT2D eigenvalue weighted by Crippen LogP contribution is 2.53. The first-order chi connectivity index (χ1) is 16.0. The van der Waals surface area contributed by atoms with Gasteiger partial charge < -0.3 is 4.74 Å². The summed E-state index contributed by atoms with van der Waals surface area (Å²) < 4.78 is 19.5. The van der Waals surface area contributed by atoms with Crippen molar-refractivity contribution in [2.75, 3.05) is 0 Å². The number of benzene rings is 1. The van der Waals surface area contributed by atoms with Crippen LogP contribution >= 0.6 is 0 Å². The number of hydrogen-bond acceptors (Lipinski definition) is 2. The highest BCUT2D eigenvalue weighted by atomic mass is 19.1. The van der Waals surface area contributed by atoms with E-state index in [9.17, 15) is 9.18 Å². The van der Waals surface area contributed by atoms with E-state index < -0.39 is 0 Å². The summed E-state index contributed by atoms with van der Waals surface area (Å²) in [4.78, 5) is 12.5. The van der Waals surface area contributed by atoms with E-state index in [-0.39, 0.29) is 23.8 Å². The molecule has 2 aliphatic carbocycles. The lowest BCUT2D eigenvalue weighted by Crippen LogP contribution is -2.42. The molecule has 2 nitrogen and oxygen atoms in total. The molecule has 1 aromatic carbocycles. The number of fused-ring (bicyclic) bond motifs is 2. The Labute approximate surface area is 198 Å². The molecule has 0 radical (unpaired) electrons. The van der Waals surface area contributed by atoms with Gasteiger partial charge in [-0.05, 0) is 74.1 Å². The summed E-state index contributed by atoms with van der Waals surface area (Å²) in [6.07, 6.45) is 20.0. The van der Waals surface area contributed by atoms with E-state index in [0.29, 0.717) is 23.7 Å². The van der Waals surface area contributed by atoms with E-state index in [1.165, 1.54) is 31.7 Å². The number of cyclic esters (lactones) is 1. The van der Waals surface area contributed by atoms with Crippen LogP contribution in [0.1, 0.15) is 64.9 Å². The van der Waals surface area contributed by atoms with Crippen molar-refractivity contribution in [1.82, 2.24) is 0 Å². The molecule has 1 aromatic rings. The highest BCUT2D eigenvalue weighted by molar-refractivity contribution is 5.76. The minimum absolute atomic E-state index is 0.00275. The lowest BCUT2D eigenvalue weighted by atomic mass is 9.57. The van der Waals surface area contributed by atoms with Crippen molar-refractivity contribution in [3.05, 3.63) is 77.7 Å². The number of halogens is 1. The maximum absolute atomic E-state index is 13.8. The second-order valence-corrected chi connectivity index (χ2v) is 10.1. The molecule has 0 aromatic heterocycles. The summed E-state index contributed by atoms with van der Waals surface area (Å²) in [5.74, 6) is 1.87. The van der Waals surface area contributed by atoms with Gasteiger partial charge in [-0.25, -0.2) is 4.39 Å². The number of rotatable bonds is 6. The lowest BCUT2D eigenvalue weighted by molar-refractivity contribution is -0.144. The second-order valence-electron chi connectivity index (χ2n) is 10.1. The minimum atomic E-state index is -0.222. The Hall–Kier alpha value is -2.42. The zero-order chi connectivity index (χ0) is 23.4. The van der Waals surface area contributed by atoms with Crippen LogP contribution in [0, 0.1) is 35.4 Å². The van der Waals surface area contributed by atoms with Crippen molar-refractivity contribution in [2.24, 2.45) is 29.6 Å². The molecule has 1 saturated heterocycles. The third-order valence-corrected chi connectivity index (χ3v) is 7.87. The molecule has 1 heterocycles. The van der Waals surface area contributed by atoms with Gasteiger partial charge in [0.05, 0.1) is 5.92 Å². The second kappa shape index (κ2) is 10.7. The Morgan fingerprint density at radius 3 is 2.79 bits per heavy atom. The van der Waals surface area contributed by atoms with Crippen molar-refractivity contribution >= 4 is 11.5 Å². The Kier molecular flexibility index (Phi) is 7.67. The smallest absolute Gasteiger partial charge is 0.309 e. The van der Waals surface area contributed by atoms with Crippen LogP contribution in [0.3, 0.4) is 0 Å². The van der Waals surface area contributed by atoms with Crippen LogP contribution < -0.4 is 0 Å². The summed E-state index contributed by atoms with van der Waals surface area (Å²) in [5.41, 5.74) is 3.03. The van der Waals surface area contributed by atoms with Crippen LogP contribution in [-0.2, 0) is 9.53 Å². The molecule has 0 amide bonds. The quantitative estimate of drug-likeness (QED) is 0.329. The summed E-state index contributed by atoms with van der Waals surface area (Å²) in [5, 5.41) is 0. The zero-order valence-electron chi connectivity index (χ0n) is 20.2. The van der Waals surface area contributed by atoms with Crippen LogP contribution in [-0.4, -0.2) is 12.1 Å². The predicted molar refractivity (Wildman–Crippen MR) is 133 cm³/mol. The molecule has 3 heteroatoms. The molecule has 3 fully saturated rings. The number of carbonyl (C=O) groups is 1. The van der Waals surface area contributed by atoms with Gasteiger partial charge in [0.25, 0.3) is 0 Å². The molecule has 2 saturated carbocycles. The van der Waals surface area contributed by atoms with Gasteiger partial charge in [0.15, 0.2) is 0 Å². The van der Waals surface area contributed by atoms with E-state index >= 15 is 0 Å². The first-order valence-corrected chi connectivity index (χ1v) is 12.7. The summed E-state index contributed by atoms with van der Waals surface area (Å²) in [6.45, 7) is 6.28. The number of ether oxygens (including phenoxy) is 1.